The molecule has 0 aliphatic carbocycles. The monoisotopic (exact) mass is 475 g/mol. The number of nitrogens with zero attached hydrogens (tertiary/aromatic N) is 4. The van der Waals surface area contributed by atoms with Gasteiger partial charge in [-0.3, -0.25) is 14.2 Å². The molecule has 4 aromatic rings. The molecule has 34 heavy (non-hydrogen) atoms. The normalized spacial score (nSPS) is 15.7. The van der Waals surface area contributed by atoms with Gasteiger partial charge in [-0.1, -0.05) is 54.2 Å². The summed E-state index contributed by atoms with van der Waals surface area (Å²) in [6, 6.07) is 17.3. The van der Waals surface area contributed by atoms with Crippen LogP contribution in [-0.2, 0) is 28.4 Å². The molecule has 174 valence electrons. The van der Waals surface area contributed by atoms with Crippen LogP contribution in [0, 0.1) is 0 Å². The number of amides is 1. The highest BCUT2D eigenvalue weighted by atomic mass is 32.2. The standard InChI is InChI=1S/C25H25N5O3S/c26-22(31)15-30-23(28-20-11-5-4-10-19(20)24(30)32)16-34-25-27-13-21(17-7-2-1-3-8-17)29(25)14-18-9-6-12-33-18/h1-5,7-8,10-11,13,18H,6,9,12,14-16H2,(H2,26,31). The van der Waals surface area contributed by atoms with Gasteiger partial charge in [-0.15, -0.1) is 0 Å². The van der Waals surface area contributed by atoms with Crippen LogP contribution in [0.3, 0.4) is 0 Å². The number of hydrogen-bond donors (Lipinski definition) is 1. The van der Waals surface area contributed by atoms with Crippen LogP contribution in [-0.4, -0.2) is 37.7 Å². The number of para-hydroxylation sites is 1. The SMILES string of the molecule is NC(=O)Cn1c(CSc2ncc(-c3ccccc3)n2CC2CCCO2)nc2ccccc2c1=O. The maximum Gasteiger partial charge on any atom is 0.261 e. The molecule has 1 fully saturated rings. The minimum absolute atomic E-state index is 0.142. The van der Waals surface area contributed by atoms with Crippen molar-refractivity contribution in [1.29, 1.82) is 0 Å². The highest BCUT2D eigenvalue weighted by Gasteiger charge is 2.21. The van der Waals surface area contributed by atoms with Crippen molar-refractivity contribution in [2.75, 3.05) is 6.61 Å². The van der Waals surface area contributed by atoms with Crippen molar-refractivity contribution in [1.82, 2.24) is 19.1 Å². The van der Waals surface area contributed by atoms with Crippen molar-refractivity contribution in [3.8, 4) is 11.3 Å². The summed E-state index contributed by atoms with van der Waals surface area (Å²) < 4.78 is 9.43. The summed E-state index contributed by atoms with van der Waals surface area (Å²) >= 11 is 1.48. The lowest BCUT2D eigenvalue weighted by molar-refractivity contribution is -0.118. The predicted molar refractivity (Wildman–Crippen MR) is 131 cm³/mol. The van der Waals surface area contributed by atoms with E-state index >= 15 is 0 Å². The summed E-state index contributed by atoms with van der Waals surface area (Å²) in [6.07, 6.45) is 4.09. The molecule has 9 heteroatoms. The Kier molecular flexibility index (Phi) is 6.46. The summed E-state index contributed by atoms with van der Waals surface area (Å²) in [6.45, 7) is 1.26. The number of rotatable bonds is 8. The van der Waals surface area contributed by atoms with E-state index in [0.717, 1.165) is 35.9 Å². The van der Waals surface area contributed by atoms with Gasteiger partial charge in [-0.25, -0.2) is 9.97 Å². The van der Waals surface area contributed by atoms with Gasteiger partial charge in [0.1, 0.15) is 12.4 Å². The van der Waals surface area contributed by atoms with E-state index in [9.17, 15) is 9.59 Å². The Morgan fingerprint density at radius 3 is 2.68 bits per heavy atom. The Morgan fingerprint density at radius 1 is 1.12 bits per heavy atom. The zero-order valence-corrected chi connectivity index (χ0v) is 19.4. The summed E-state index contributed by atoms with van der Waals surface area (Å²) in [5.74, 6) is 0.265. The van der Waals surface area contributed by atoms with Crippen molar-refractivity contribution in [2.45, 2.75) is 42.9 Å². The van der Waals surface area contributed by atoms with Crippen molar-refractivity contribution in [3.05, 3.63) is 77.0 Å². The number of carbonyl (C=O) groups is 1. The quantitative estimate of drug-likeness (QED) is 0.392. The molecule has 8 nitrogen and oxygen atoms in total. The highest BCUT2D eigenvalue weighted by molar-refractivity contribution is 7.98. The first-order valence-electron chi connectivity index (χ1n) is 11.2. The molecule has 2 aromatic heterocycles. The highest BCUT2D eigenvalue weighted by Crippen LogP contribution is 2.30. The molecule has 5 rings (SSSR count). The molecular formula is C25H25N5O3S. The van der Waals surface area contributed by atoms with E-state index in [2.05, 4.69) is 26.7 Å². The minimum atomic E-state index is -0.586. The maximum absolute atomic E-state index is 13.1. The number of primary amides is 1. The molecule has 2 aromatic carbocycles. The molecular weight excluding hydrogens is 450 g/mol. The molecule has 0 spiro atoms. The number of carbonyl (C=O) groups excluding carboxylic acids is 1. The van der Waals surface area contributed by atoms with Gasteiger partial charge in [-0.05, 0) is 30.5 Å². The molecule has 0 saturated carbocycles. The molecule has 1 unspecified atom stereocenters. The zero-order chi connectivity index (χ0) is 23.5. The number of aromatic nitrogens is 4. The molecule has 1 aliphatic heterocycles. The summed E-state index contributed by atoms with van der Waals surface area (Å²) in [5, 5.41) is 1.27. The first-order chi connectivity index (χ1) is 16.6. The van der Waals surface area contributed by atoms with Gasteiger partial charge >= 0.3 is 0 Å². The second kappa shape index (κ2) is 9.82. The van der Waals surface area contributed by atoms with Crippen LogP contribution in [0.5, 0.6) is 0 Å². The first-order valence-corrected chi connectivity index (χ1v) is 12.2. The fraction of sp³-hybridized carbons (Fsp3) is 0.280. The number of benzene rings is 2. The fourth-order valence-electron chi connectivity index (χ4n) is 4.25. The van der Waals surface area contributed by atoms with E-state index in [-0.39, 0.29) is 18.2 Å². The van der Waals surface area contributed by atoms with Crippen LogP contribution >= 0.6 is 11.8 Å². The second-order valence-electron chi connectivity index (χ2n) is 8.23. The van der Waals surface area contributed by atoms with Gasteiger partial charge in [-0.2, -0.15) is 0 Å². The third-order valence-corrected chi connectivity index (χ3v) is 6.87. The summed E-state index contributed by atoms with van der Waals surface area (Å²) in [4.78, 5) is 34.1. The van der Waals surface area contributed by atoms with Crippen LogP contribution in [0.4, 0.5) is 0 Å². The molecule has 1 saturated heterocycles. The van der Waals surface area contributed by atoms with Gasteiger partial charge in [0.25, 0.3) is 5.56 Å². The Bertz CT molecular complexity index is 1380. The number of imidazole rings is 1. The Morgan fingerprint density at radius 2 is 1.91 bits per heavy atom. The fourth-order valence-corrected chi connectivity index (χ4v) is 5.19. The average Bonchev–Trinajstić information content (AvgIpc) is 3.51. The summed E-state index contributed by atoms with van der Waals surface area (Å²) in [7, 11) is 0. The topological polar surface area (TPSA) is 105 Å². The van der Waals surface area contributed by atoms with Crippen LogP contribution in [0.1, 0.15) is 18.7 Å². The molecule has 3 heterocycles. The van der Waals surface area contributed by atoms with Gasteiger partial charge < -0.3 is 15.0 Å². The van der Waals surface area contributed by atoms with Crippen LogP contribution in [0.15, 0.2) is 70.7 Å². The maximum atomic E-state index is 13.1. The minimum Gasteiger partial charge on any atom is -0.376 e. The molecule has 2 N–H and O–H groups in total. The zero-order valence-electron chi connectivity index (χ0n) is 18.6. The van der Waals surface area contributed by atoms with E-state index in [0.29, 0.717) is 29.0 Å². The average molecular weight is 476 g/mol. The molecule has 0 bridgehead atoms. The van der Waals surface area contributed by atoms with Gasteiger partial charge in [0.05, 0.1) is 41.2 Å². The number of nitrogens with two attached hydrogens (primary N) is 1. The lowest BCUT2D eigenvalue weighted by Crippen LogP contribution is -2.31. The molecule has 1 aliphatic rings. The lowest BCUT2D eigenvalue weighted by Gasteiger charge is -2.17. The molecule has 0 radical (unpaired) electrons. The van der Waals surface area contributed by atoms with Gasteiger partial charge in [0.2, 0.25) is 5.91 Å². The molecule has 1 atom stereocenters. The van der Waals surface area contributed by atoms with Gasteiger partial charge in [0.15, 0.2) is 5.16 Å². The Balaban J connectivity index is 1.50. The van der Waals surface area contributed by atoms with E-state index in [1.54, 1.807) is 18.2 Å². The lowest BCUT2D eigenvalue weighted by atomic mass is 10.1. The Labute approximate surface area is 200 Å². The third-order valence-electron chi connectivity index (χ3n) is 5.88. The molecule has 1 amide bonds. The predicted octanol–water partition coefficient (Wildman–Crippen LogP) is 3.22. The largest absolute Gasteiger partial charge is 0.376 e. The number of fused-ring (bicyclic) bond motifs is 1. The summed E-state index contributed by atoms with van der Waals surface area (Å²) in [5.41, 5.74) is 7.85. The number of thioether (sulfide) groups is 1. The van der Waals surface area contributed by atoms with Crippen molar-refractivity contribution < 1.29 is 9.53 Å². The van der Waals surface area contributed by atoms with E-state index in [1.165, 1.54) is 16.3 Å². The van der Waals surface area contributed by atoms with Crippen molar-refractivity contribution in [2.24, 2.45) is 5.73 Å². The van der Waals surface area contributed by atoms with E-state index in [1.807, 2.05) is 30.5 Å². The van der Waals surface area contributed by atoms with Crippen molar-refractivity contribution in [3.63, 3.8) is 0 Å². The number of hydrogen-bond acceptors (Lipinski definition) is 6. The van der Waals surface area contributed by atoms with Gasteiger partial charge in [0, 0.05) is 6.61 Å². The smallest absolute Gasteiger partial charge is 0.261 e. The van der Waals surface area contributed by atoms with E-state index in [4.69, 9.17) is 10.5 Å². The third kappa shape index (κ3) is 4.62. The van der Waals surface area contributed by atoms with Crippen molar-refractivity contribution >= 4 is 28.6 Å². The second-order valence-corrected chi connectivity index (χ2v) is 9.17. The van der Waals surface area contributed by atoms with Crippen LogP contribution in [0.2, 0.25) is 0 Å². The van der Waals surface area contributed by atoms with E-state index < -0.39 is 5.91 Å². The van der Waals surface area contributed by atoms with Crippen LogP contribution < -0.4 is 11.3 Å². The Hall–Kier alpha value is -3.43. The number of ether oxygens (including phenoxy) is 1. The first kappa shape index (κ1) is 22.4. The van der Waals surface area contributed by atoms with Crippen LogP contribution in [0.25, 0.3) is 22.2 Å².